The number of rotatable bonds is 1. The topological polar surface area (TPSA) is 101 Å². The van der Waals surface area contributed by atoms with Gasteiger partial charge in [0, 0.05) is 0 Å². The zero-order valence-electron chi connectivity index (χ0n) is 8.93. The highest BCUT2D eigenvalue weighted by molar-refractivity contribution is 5.79. The third-order valence-corrected chi connectivity index (χ3v) is 2.67. The summed E-state index contributed by atoms with van der Waals surface area (Å²) in [4.78, 5) is 30.1. The van der Waals surface area contributed by atoms with Crippen LogP contribution in [0.4, 0.5) is 11.6 Å². The second-order valence-corrected chi connectivity index (χ2v) is 3.68. The first-order valence-corrected chi connectivity index (χ1v) is 4.84. The van der Waals surface area contributed by atoms with Crippen molar-refractivity contribution < 1.29 is 9.53 Å². The molecule has 0 radical (unpaired) electrons. The molecular formula is C9H12N4O3. The van der Waals surface area contributed by atoms with Gasteiger partial charge >= 0.3 is 0 Å². The number of anilines is 2. The second kappa shape index (κ2) is 3.51. The molecule has 1 aromatic heterocycles. The number of ether oxygens (including phenoxy) is 1. The maximum atomic E-state index is 11.7. The highest BCUT2D eigenvalue weighted by atomic mass is 16.5. The summed E-state index contributed by atoms with van der Waals surface area (Å²) in [6.07, 6.45) is 0.349. The van der Waals surface area contributed by atoms with Gasteiger partial charge in [-0.25, -0.2) is 0 Å². The van der Waals surface area contributed by atoms with Crippen LogP contribution < -0.4 is 20.9 Å². The molecule has 0 fully saturated rings. The molecule has 0 bridgehead atoms. The molecule has 7 heteroatoms. The third kappa shape index (κ3) is 1.40. The molecule has 0 saturated carbocycles. The number of nitrogens with zero attached hydrogens (tertiary/aromatic N) is 2. The van der Waals surface area contributed by atoms with Crippen LogP contribution in [0.5, 0.6) is 5.88 Å². The molecule has 1 aliphatic heterocycles. The van der Waals surface area contributed by atoms with Gasteiger partial charge in [0.15, 0.2) is 5.69 Å². The van der Waals surface area contributed by atoms with Gasteiger partial charge in [-0.1, -0.05) is 0 Å². The Labute approximate surface area is 91.2 Å². The number of nitrogens with two attached hydrogens (primary N) is 1. The van der Waals surface area contributed by atoms with Gasteiger partial charge in [0.2, 0.25) is 18.2 Å². The number of carbonyl (C=O) groups is 1. The van der Waals surface area contributed by atoms with Gasteiger partial charge < -0.3 is 10.5 Å². The Morgan fingerprint density at radius 2 is 2.25 bits per heavy atom. The van der Waals surface area contributed by atoms with Gasteiger partial charge in [0.1, 0.15) is 6.10 Å². The summed E-state index contributed by atoms with van der Waals surface area (Å²) in [6, 6.07) is -0.225. The van der Waals surface area contributed by atoms with E-state index in [-0.39, 0.29) is 29.7 Å². The summed E-state index contributed by atoms with van der Waals surface area (Å²) >= 11 is 0. The molecule has 2 heterocycles. The van der Waals surface area contributed by atoms with Crippen LogP contribution in [0.25, 0.3) is 0 Å². The van der Waals surface area contributed by atoms with Crippen LogP contribution in [0.1, 0.15) is 13.8 Å². The Balaban J connectivity index is 2.64. The summed E-state index contributed by atoms with van der Waals surface area (Å²) in [6.45, 7) is 3.58. The van der Waals surface area contributed by atoms with Gasteiger partial charge in [-0.15, -0.1) is 0 Å². The summed E-state index contributed by atoms with van der Waals surface area (Å²) in [5.41, 5.74) is 5.02. The van der Waals surface area contributed by atoms with Crippen molar-refractivity contribution in [3.8, 4) is 5.88 Å². The number of nitrogen functional groups attached to an aromatic ring is 1. The molecule has 0 aliphatic carbocycles. The van der Waals surface area contributed by atoms with Crippen LogP contribution in [0.3, 0.4) is 0 Å². The SMILES string of the molecule is CC1Oc2nc(N)[nH]c(=O)c2N(C=O)C1C. The predicted octanol–water partition coefficient (Wildman–Crippen LogP) is -0.516. The van der Waals surface area contributed by atoms with E-state index in [4.69, 9.17) is 10.5 Å². The van der Waals surface area contributed by atoms with E-state index in [0.29, 0.717) is 6.41 Å². The fourth-order valence-electron chi connectivity index (χ4n) is 1.63. The number of hydrogen-bond donors (Lipinski definition) is 2. The number of aromatic amines is 1. The van der Waals surface area contributed by atoms with Gasteiger partial charge in [-0.3, -0.25) is 19.5 Å². The number of hydrogen-bond acceptors (Lipinski definition) is 5. The Morgan fingerprint density at radius 3 is 2.88 bits per heavy atom. The molecule has 2 atom stereocenters. The van der Waals surface area contributed by atoms with Crippen molar-refractivity contribution in [2.75, 3.05) is 10.6 Å². The van der Waals surface area contributed by atoms with E-state index in [1.54, 1.807) is 13.8 Å². The van der Waals surface area contributed by atoms with Crippen LogP contribution in [-0.4, -0.2) is 28.5 Å². The zero-order valence-corrected chi connectivity index (χ0v) is 8.93. The first-order valence-electron chi connectivity index (χ1n) is 4.84. The standard InChI is InChI=1S/C9H12N4O3/c1-4-5(2)16-8-6(13(4)3-14)7(15)11-9(10)12-8/h3-5H,1-2H3,(H3,10,11,12,15). The lowest BCUT2D eigenvalue weighted by Crippen LogP contribution is -2.48. The Kier molecular flexibility index (Phi) is 2.30. The smallest absolute Gasteiger partial charge is 0.280 e. The minimum absolute atomic E-state index is 0.0312. The molecular weight excluding hydrogens is 212 g/mol. The molecule has 2 rings (SSSR count). The first-order chi connectivity index (χ1) is 7.54. The van der Waals surface area contributed by atoms with E-state index >= 15 is 0 Å². The van der Waals surface area contributed by atoms with Crippen molar-refractivity contribution in [1.82, 2.24) is 9.97 Å². The highest BCUT2D eigenvalue weighted by Crippen LogP contribution is 2.30. The van der Waals surface area contributed by atoms with Crippen LogP contribution in [0, 0.1) is 0 Å². The number of carbonyl (C=O) groups excluding carboxylic acids is 1. The van der Waals surface area contributed by atoms with Crippen molar-refractivity contribution in [3.05, 3.63) is 10.4 Å². The van der Waals surface area contributed by atoms with E-state index in [9.17, 15) is 9.59 Å². The molecule has 2 unspecified atom stereocenters. The molecule has 3 N–H and O–H groups in total. The highest BCUT2D eigenvalue weighted by Gasteiger charge is 2.33. The molecule has 0 spiro atoms. The van der Waals surface area contributed by atoms with Crippen LogP contribution >= 0.6 is 0 Å². The van der Waals surface area contributed by atoms with Crippen molar-refractivity contribution in [3.63, 3.8) is 0 Å². The number of fused-ring (bicyclic) bond motifs is 1. The summed E-state index contributed by atoms with van der Waals surface area (Å²) < 4.78 is 5.43. The van der Waals surface area contributed by atoms with Gasteiger partial charge in [0.25, 0.3) is 5.56 Å². The van der Waals surface area contributed by atoms with E-state index in [2.05, 4.69) is 9.97 Å². The molecule has 0 saturated heterocycles. The van der Waals surface area contributed by atoms with Gasteiger partial charge in [-0.05, 0) is 13.8 Å². The lowest BCUT2D eigenvalue weighted by molar-refractivity contribution is -0.108. The quantitative estimate of drug-likeness (QED) is 0.625. The monoisotopic (exact) mass is 224 g/mol. The average Bonchev–Trinajstić information content (AvgIpc) is 2.20. The van der Waals surface area contributed by atoms with E-state index in [1.165, 1.54) is 4.90 Å². The Hall–Kier alpha value is -2.05. The molecule has 1 amide bonds. The second-order valence-electron chi connectivity index (χ2n) is 3.68. The summed E-state index contributed by atoms with van der Waals surface area (Å²) in [7, 11) is 0. The van der Waals surface area contributed by atoms with Crippen molar-refractivity contribution in [1.29, 1.82) is 0 Å². The number of amides is 1. The largest absolute Gasteiger partial charge is 0.471 e. The third-order valence-electron chi connectivity index (χ3n) is 2.67. The van der Waals surface area contributed by atoms with Gasteiger partial charge in [0.05, 0.1) is 6.04 Å². The van der Waals surface area contributed by atoms with Crippen molar-refractivity contribution in [2.24, 2.45) is 0 Å². The predicted molar refractivity (Wildman–Crippen MR) is 57.4 cm³/mol. The maximum absolute atomic E-state index is 11.7. The number of H-pyrrole nitrogens is 1. The van der Waals surface area contributed by atoms with Gasteiger partial charge in [-0.2, -0.15) is 4.98 Å². The summed E-state index contributed by atoms with van der Waals surface area (Å²) in [5.74, 6) is 0.0651. The normalized spacial score (nSPS) is 23.5. The Morgan fingerprint density at radius 1 is 1.56 bits per heavy atom. The zero-order chi connectivity index (χ0) is 11.9. The molecule has 1 aliphatic rings. The van der Waals surface area contributed by atoms with Crippen molar-refractivity contribution >= 4 is 18.0 Å². The lowest BCUT2D eigenvalue weighted by Gasteiger charge is -2.35. The average molecular weight is 224 g/mol. The molecule has 7 nitrogen and oxygen atoms in total. The minimum Gasteiger partial charge on any atom is -0.471 e. The van der Waals surface area contributed by atoms with E-state index in [1.807, 2.05) is 0 Å². The lowest BCUT2D eigenvalue weighted by atomic mass is 10.1. The summed E-state index contributed by atoms with van der Waals surface area (Å²) in [5, 5.41) is 0. The maximum Gasteiger partial charge on any atom is 0.280 e. The fraction of sp³-hybridized carbons (Fsp3) is 0.444. The van der Waals surface area contributed by atoms with Crippen LogP contribution in [0.2, 0.25) is 0 Å². The molecule has 16 heavy (non-hydrogen) atoms. The fourth-order valence-corrected chi connectivity index (χ4v) is 1.63. The van der Waals surface area contributed by atoms with Crippen LogP contribution in [-0.2, 0) is 4.79 Å². The van der Waals surface area contributed by atoms with E-state index < -0.39 is 5.56 Å². The molecule has 0 aromatic carbocycles. The molecule has 1 aromatic rings. The van der Waals surface area contributed by atoms with E-state index in [0.717, 1.165) is 0 Å². The number of nitrogens with one attached hydrogen (secondary N) is 1. The number of aromatic nitrogens is 2. The Bertz CT molecular complexity index is 484. The first kappa shape index (κ1) is 10.5. The van der Waals surface area contributed by atoms with Crippen molar-refractivity contribution in [2.45, 2.75) is 26.0 Å². The van der Waals surface area contributed by atoms with Crippen LogP contribution in [0.15, 0.2) is 4.79 Å². The molecule has 86 valence electrons. The minimum atomic E-state index is -0.478.